The maximum absolute atomic E-state index is 13.4. The lowest BCUT2D eigenvalue weighted by Gasteiger charge is -2.26. The molecule has 1 aliphatic heterocycles. The van der Waals surface area contributed by atoms with Gasteiger partial charge in [0.1, 0.15) is 11.1 Å². The van der Waals surface area contributed by atoms with E-state index in [1.54, 1.807) is 25.7 Å². The van der Waals surface area contributed by atoms with Crippen molar-refractivity contribution in [3.8, 4) is 0 Å². The molecular formula is C20H25F2N3O5. The standard InChI is InChI=1S/C20H25F2N3O5/c1-19(2,3)30-18(29)24-7-10-11(8-24)15(10)23-13-6-14(26)25(9-12(13)16(27)28)20(4-5-20)17(21)22/h6,9-11,15,17,23H,4-5,7-8H2,1-3H3,(H,27,28). The number of ether oxygens (including phenoxy) is 1. The fourth-order valence-electron chi connectivity index (χ4n) is 4.26. The number of aromatic nitrogens is 1. The van der Waals surface area contributed by atoms with Gasteiger partial charge in [0, 0.05) is 43.2 Å². The topological polar surface area (TPSA) is 101 Å². The number of piperidine rings is 1. The number of nitrogens with one attached hydrogen (secondary N) is 1. The number of halogens is 2. The van der Waals surface area contributed by atoms with Crippen LogP contribution in [0, 0.1) is 11.8 Å². The molecule has 8 nitrogen and oxygen atoms in total. The van der Waals surface area contributed by atoms with Gasteiger partial charge in [0.15, 0.2) is 0 Å². The minimum absolute atomic E-state index is 0.0815. The van der Waals surface area contributed by atoms with Gasteiger partial charge < -0.3 is 24.6 Å². The number of hydrogen-bond donors (Lipinski definition) is 2. The largest absolute Gasteiger partial charge is 0.478 e. The first kappa shape index (κ1) is 20.6. The number of likely N-dealkylation sites (tertiary alicyclic amines) is 1. The van der Waals surface area contributed by atoms with Gasteiger partial charge in [0.05, 0.1) is 11.3 Å². The molecule has 1 aromatic rings. The minimum atomic E-state index is -2.74. The van der Waals surface area contributed by atoms with Gasteiger partial charge in [-0.25, -0.2) is 18.4 Å². The molecule has 1 saturated heterocycles. The Labute approximate surface area is 171 Å². The van der Waals surface area contributed by atoms with E-state index in [-0.39, 0.29) is 48.1 Å². The first-order valence-electron chi connectivity index (χ1n) is 9.96. The number of amides is 1. The van der Waals surface area contributed by atoms with Crippen molar-refractivity contribution in [3.63, 3.8) is 0 Å². The quantitative estimate of drug-likeness (QED) is 0.752. The molecule has 0 aromatic carbocycles. The molecule has 164 valence electrons. The number of hydrogen-bond acceptors (Lipinski definition) is 5. The summed E-state index contributed by atoms with van der Waals surface area (Å²) in [6, 6.07) is 1.01. The molecule has 1 amide bonds. The molecule has 3 aliphatic rings. The van der Waals surface area contributed by atoms with E-state index in [4.69, 9.17) is 4.74 Å². The van der Waals surface area contributed by atoms with E-state index in [0.29, 0.717) is 13.1 Å². The second kappa shape index (κ2) is 6.68. The number of carbonyl (C=O) groups excluding carboxylic acids is 1. The zero-order valence-corrected chi connectivity index (χ0v) is 17.0. The Hall–Kier alpha value is -2.65. The first-order chi connectivity index (χ1) is 13.9. The van der Waals surface area contributed by atoms with Crippen LogP contribution < -0.4 is 10.9 Å². The lowest BCUT2D eigenvalue weighted by Crippen LogP contribution is -2.38. The van der Waals surface area contributed by atoms with Crippen molar-refractivity contribution in [1.82, 2.24) is 9.47 Å². The van der Waals surface area contributed by atoms with Crippen LogP contribution in [0.3, 0.4) is 0 Å². The summed E-state index contributed by atoms with van der Waals surface area (Å²) >= 11 is 0. The fraction of sp³-hybridized carbons (Fsp3) is 0.650. The maximum atomic E-state index is 13.4. The van der Waals surface area contributed by atoms with Gasteiger partial charge in [0.2, 0.25) is 0 Å². The summed E-state index contributed by atoms with van der Waals surface area (Å²) in [5.74, 6) is -1.05. The third-order valence-corrected chi connectivity index (χ3v) is 6.10. The van der Waals surface area contributed by atoms with E-state index in [1.165, 1.54) is 0 Å². The zero-order chi connectivity index (χ0) is 22.0. The van der Waals surface area contributed by atoms with Gasteiger partial charge in [-0.15, -0.1) is 0 Å². The molecule has 2 atom stereocenters. The molecule has 3 fully saturated rings. The number of alkyl halides is 2. The average Bonchev–Trinajstić information content (AvgIpc) is 3.49. The molecule has 4 rings (SSSR count). The van der Waals surface area contributed by atoms with E-state index in [2.05, 4.69) is 5.32 Å². The number of aromatic carboxylic acids is 1. The lowest BCUT2D eigenvalue weighted by molar-refractivity contribution is 0.0272. The van der Waals surface area contributed by atoms with Crippen molar-refractivity contribution >= 4 is 17.7 Å². The van der Waals surface area contributed by atoms with Gasteiger partial charge in [0.25, 0.3) is 12.0 Å². The van der Waals surface area contributed by atoms with Crippen LogP contribution in [0.25, 0.3) is 0 Å². The van der Waals surface area contributed by atoms with Crippen LogP contribution in [0.4, 0.5) is 19.3 Å². The van der Waals surface area contributed by atoms with E-state index in [9.17, 15) is 28.3 Å². The molecule has 2 saturated carbocycles. The molecule has 0 spiro atoms. The predicted octanol–water partition coefficient (Wildman–Crippen LogP) is 2.58. The summed E-state index contributed by atoms with van der Waals surface area (Å²) < 4.78 is 33.0. The smallest absolute Gasteiger partial charge is 0.410 e. The summed E-state index contributed by atoms with van der Waals surface area (Å²) in [4.78, 5) is 38.0. The van der Waals surface area contributed by atoms with E-state index >= 15 is 0 Å². The number of carbonyl (C=O) groups is 2. The highest BCUT2D eigenvalue weighted by Gasteiger charge is 2.58. The Kier molecular flexibility index (Phi) is 4.59. The number of carboxylic acids is 1. The third-order valence-electron chi connectivity index (χ3n) is 6.10. The summed E-state index contributed by atoms with van der Waals surface area (Å²) in [5, 5.41) is 12.6. The minimum Gasteiger partial charge on any atom is -0.478 e. The molecule has 2 N–H and O–H groups in total. The Bertz CT molecular complexity index is 939. The summed E-state index contributed by atoms with van der Waals surface area (Å²) in [5.41, 5.74) is -2.92. The van der Waals surface area contributed by atoms with Crippen molar-refractivity contribution in [2.75, 3.05) is 18.4 Å². The van der Waals surface area contributed by atoms with Crippen LogP contribution in [-0.4, -0.2) is 57.8 Å². The second-order valence-electron chi connectivity index (χ2n) is 9.40. The lowest BCUT2D eigenvalue weighted by atomic mass is 10.2. The number of pyridine rings is 1. The Morgan fingerprint density at radius 2 is 1.87 bits per heavy atom. The highest BCUT2D eigenvalue weighted by molar-refractivity contribution is 5.94. The maximum Gasteiger partial charge on any atom is 0.410 e. The molecule has 2 aliphatic carbocycles. The van der Waals surface area contributed by atoms with Crippen LogP contribution in [0.5, 0.6) is 0 Å². The molecule has 2 heterocycles. The number of fused-ring (bicyclic) bond motifs is 1. The Morgan fingerprint density at radius 1 is 1.27 bits per heavy atom. The zero-order valence-electron chi connectivity index (χ0n) is 17.0. The molecule has 10 heteroatoms. The third kappa shape index (κ3) is 3.52. The van der Waals surface area contributed by atoms with E-state index in [1.807, 2.05) is 0 Å². The van der Waals surface area contributed by atoms with Crippen molar-refractivity contribution in [1.29, 1.82) is 0 Å². The molecule has 0 radical (unpaired) electrons. The van der Waals surface area contributed by atoms with Crippen LogP contribution >= 0.6 is 0 Å². The van der Waals surface area contributed by atoms with Crippen molar-refractivity contribution in [3.05, 3.63) is 28.2 Å². The van der Waals surface area contributed by atoms with Crippen molar-refractivity contribution in [2.45, 2.75) is 57.2 Å². The number of carboxylic acid groups (broad SMARTS) is 1. The summed E-state index contributed by atoms with van der Waals surface area (Å²) in [6.45, 7) is 6.33. The molecular weight excluding hydrogens is 400 g/mol. The van der Waals surface area contributed by atoms with Crippen molar-refractivity contribution < 1.29 is 28.2 Å². The Balaban J connectivity index is 1.47. The normalized spacial score (nSPS) is 26.3. The van der Waals surface area contributed by atoms with Crippen LogP contribution in [0.2, 0.25) is 0 Å². The molecule has 1 aromatic heterocycles. The fourth-order valence-corrected chi connectivity index (χ4v) is 4.26. The molecule has 30 heavy (non-hydrogen) atoms. The van der Waals surface area contributed by atoms with Crippen LogP contribution in [0.1, 0.15) is 44.0 Å². The van der Waals surface area contributed by atoms with Crippen molar-refractivity contribution in [2.24, 2.45) is 11.8 Å². The van der Waals surface area contributed by atoms with Gasteiger partial charge in [-0.3, -0.25) is 4.79 Å². The SMILES string of the molecule is CC(C)(C)OC(=O)N1CC2C(C1)C2Nc1cc(=O)n(C2(C(F)F)CC2)cc1C(=O)O. The monoisotopic (exact) mass is 425 g/mol. The van der Waals surface area contributed by atoms with Crippen LogP contribution in [0.15, 0.2) is 17.1 Å². The number of anilines is 1. The van der Waals surface area contributed by atoms with E-state index in [0.717, 1.165) is 16.8 Å². The summed E-state index contributed by atoms with van der Waals surface area (Å²) in [6.07, 6.45) is -1.81. The van der Waals surface area contributed by atoms with Gasteiger partial charge >= 0.3 is 12.1 Å². The average molecular weight is 425 g/mol. The highest BCUT2D eigenvalue weighted by Crippen LogP contribution is 2.49. The second-order valence-corrected chi connectivity index (χ2v) is 9.40. The van der Waals surface area contributed by atoms with Gasteiger partial charge in [-0.05, 0) is 33.6 Å². The highest BCUT2D eigenvalue weighted by atomic mass is 19.3. The van der Waals surface area contributed by atoms with E-state index < -0.39 is 29.1 Å². The number of nitrogens with zero attached hydrogens (tertiary/aromatic N) is 2. The molecule has 0 bridgehead atoms. The summed E-state index contributed by atoms with van der Waals surface area (Å²) in [7, 11) is 0. The Morgan fingerprint density at radius 3 is 2.33 bits per heavy atom. The van der Waals surface area contributed by atoms with Crippen LogP contribution in [-0.2, 0) is 10.3 Å². The van der Waals surface area contributed by atoms with Gasteiger partial charge in [-0.1, -0.05) is 0 Å². The number of rotatable bonds is 5. The predicted molar refractivity (Wildman–Crippen MR) is 103 cm³/mol. The molecule has 2 unspecified atom stereocenters. The van der Waals surface area contributed by atoms with Gasteiger partial charge in [-0.2, -0.15) is 0 Å². The first-order valence-corrected chi connectivity index (χ1v) is 9.96.